The number of aldehydes is 1. The summed E-state index contributed by atoms with van der Waals surface area (Å²) in [6.07, 6.45) is 2.53. The van der Waals surface area contributed by atoms with Crippen molar-refractivity contribution in [3.05, 3.63) is 17.0 Å². The molecule has 18 heavy (non-hydrogen) atoms. The maximum atomic E-state index is 11.6. The Morgan fingerprint density at radius 1 is 1.50 bits per heavy atom. The van der Waals surface area contributed by atoms with Crippen LogP contribution in [-0.2, 0) is 9.53 Å². The van der Waals surface area contributed by atoms with Crippen LogP contribution in [0.3, 0.4) is 0 Å². The number of carbonyl (C=O) groups is 2. The van der Waals surface area contributed by atoms with Crippen molar-refractivity contribution in [1.82, 2.24) is 0 Å². The van der Waals surface area contributed by atoms with E-state index in [2.05, 4.69) is 4.90 Å². The lowest BCUT2D eigenvalue weighted by atomic mass is 9.97. The fourth-order valence-corrected chi connectivity index (χ4v) is 3.04. The third-order valence-corrected chi connectivity index (χ3v) is 4.23. The van der Waals surface area contributed by atoms with Crippen molar-refractivity contribution in [3.63, 3.8) is 0 Å². The van der Waals surface area contributed by atoms with Crippen LogP contribution < -0.4 is 4.90 Å². The predicted molar refractivity (Wildman–Crippen MR) is 71.3 cm³/mol. The fourth-order valence-electron chi connectivity index (χ4n) is 2.17. The first kappa shape index (κ1) is 13.1. The lowest BCUT2D eigenvalue weighted by Crippen LogP contribution is -2.36. The van der Waals surface area contributed by atoms with Gasteiger partial charge in [-0.05, 0) is 31.9 Å². The van der Waals surface area contributed by atoms with Crippen LogP contribution in [0.5, 0.6) is 0 Å². The second-order valence-corrected chi connectivity index (χ2v) is 5.40. The minimum Gasteiger partial charge on any atom is -0.466 e. The van der Waals surface area contributed by atoms with E-state index in [0.717, 1.165) is 42.1 Å². The van der Waals surface area contributed by atoms with Crippen LogP contribution in [0.1, 0.15) is 29.4 Å². The van der Waals surface area contributed by atoms with E-state index in [1.807, 2.05) is 19.1 Å². The van der Waals surface area contributed by atoms with Crippen molar-refractivity contribution in [2.45, 2.75) is 19.8 Å². The Labute approximate surface area is 111 Å². The molecule has 0 saturated carbocycles. The zero-order chi connectivity index (χ0) is 13.0. The first-order valence-corrected chi connectivity index (χ1v) is 7.03. The van der Waals surface area contributed by atoms with Gasteiger partial charge in [0.1, 0.15) is 0 Å². The van der Waals surface area contributed by atoms with Crippen LogP contribution in [0.15, 0.2) is 12.1 Å². The highest BCUT2D eigenvalue weighted by Crippen LogP contribution is 2.29. The summed E-state index contributed by atoms with van der Waals surface area (Å²) in [6, 6.07) is 3.81. The normalized spacial score (nSPS) is 16.6. The number of nitrogens with zero attached hydrogens (tertiary/aromatic N) is 1. The van der Waals surface area contributed by atoms with Gasteiger partial charge in [0.2, 0.25) is 0 Å². The Balaban J connectivity index is 1.90. The molecule has 1 aromatic heterocycles. The standard InChI is InChI=1S/C13H17NO3S/c1-2-17-13(16)10-5-7-14(8-6-10)12-4-3-11(9-15)18-12/h3-4,9-10H,2,5-8H2,1H3. The molecular formula is C13H17NO3S. The van der Waals surface area contributed by atoms with Crippen LogP contribution in [0.2, 0.25) is 0 Å². The highest BCUT2D eigenvalue weighted by molar-refractivity contribution is 7.17. The highest BCUT2D eigenvalue weighted by Gasteiger charge is 2.26. The first-order chi connectivity index (χ1) is 8.74. The van der Waals surface area contributed by atoms with Gasteiger partial charge >= 0.3 is 5.97 Å². The first-order valence-electron chi connectivity index (χ1n) is 6.21. The zero-order valence-corrected chi connectivity index (χ0v) is 11.2. The van der Waals surface area contributed by atoms with Gasteiger partial charge in [-0.3, -0.25) is 9.59 Å². The molecule has 4 nitrogen and oxygen atoms in total. The maximum Gasteiger partial charge on any atom is 0.309 e. The molecule has 1 aliphatic rings. The highest BCUT2D eigenvalue weighted by atomic mass is 32.1. The minimum absolute atomic E-state index is 0.0340. The number of esters is 1. The smallest absolute Gasteiger partial charge is 0.309 e. The van der Waals surface area contributed by atoms with Crippen molar-refractivity contribution < 1.29 is 14.3 Å². The summed E-state index contributed by atoms with van der Waals surface area (Å²) in [5, 5.41) is 1.11. The Kier molecular flexibility index (Phi) is 4.36. The largest absolute Gasteiger partial charge is 0.466 e. The predicted octanol–water partition coefficient (Wildman–Crippen LogP) is 2.34. The van der Waals surface area contributed by atoms with E-state index >= 15 is 0 Å². The molecule has 1 saturated heterocycles. The summed E-state index contributed by atoms with van der Waals surface area (Å²) in [6.45, 7) is 3.98. The quantitative estimate of drug-likeness (QED) is 0.620. The van der Waals surface area contributed by atoms with Gasteiger partial charge < -0.3 is 9.64 Å². The van der Waals surface area contributed by atoms with Gasteiger partial charge in [-0.2, -0.15) is 0 Å². The van der Waals surface area contributed by atoms with E-state index in [4.69, 9.17) is 4.74 Å². The molecule has 1 aliphatic heterocycles. The molecule has 2 heterocycles. The average molecular weight is 267 g/mol. The molecule has 0 spiro atoms. The van der Waals surface area contributed by atoms with Crippen molar-refractivity contribution >= 4 is 28.6 Å². The van der Waals surface area contributed by atoms with Gasteiger partial charge in [0.05, 0.1) is 22.4 Å². The molecule has 2 rings (SSSR count). The van der Waals surface area contributed by atoms with Crippen LogP contribution in [0, 0.1) is 5.92 Å². The number of ether oxygens (including phenoxy) is 1. The van der Waals surface area contributed by atoms with E-state index in [1.165, 1.54) is 11.3 Å². The molecule has 0 radical (unpaired) electrons. The summed E-state index contributed by atoms with van der Waals surface area (Å²) in [4.78, 5) is 25.2. The number of hydrogen-bond donors (Lipinski definition) is 0. The molecule has 0 aromatic carbocycles. The second-order valence-electron chi connectivity index (χ2n) is 4.31. The van der Waals surface area contributed by atoms with Crippen molar-refractivity contribution in [2.75, 3.05) is 24.6 Å². The molecule has 5 heteroatoms. The van der Waals surface area contributed by atoms with Crippen LogP contribution in [-0.4, -0.2) is 32.0 Å². The zero-order valence-electron chi connectivity index (χ0n) is 10.4. The second kappa shape index (κ2) is 6.00. The van der Waals surface area contributed by atoms with Crippen molar-refractivity contribution in [3.8, 4) is 0 Å². The Morgan fingerprint density at radius 3 is 2.78 bits per heavy atom. The van der Waals surface area contributed by atoms with Crippen LogP contribution >= 0.6 is 11.3 Å². The number of piperidine rings is 1. The van der Waals surface area contributed by atoms with Gasteiger partial charge in [0.15, 0.2) is 6.29 Å². The maximum absolute atomic E-state index is 11.6. The molecule has 1 fully saturated rings. The van der Waals surface area contributed by atoms with Crippen LogP contribution in [0.25, 0.3) is 0 Å². The van der Waals surface area contributed by atoms with Crippen molar-refractivity contribution in [2.24, 2.45) is 5.92 Å². The Bertz CT molecular complexity index is 422. The number of anilines is 1. The lowest BCUT2D eigenvalue weighted by molar-refractivity contribution is -0.148. The summed E-state index contributed by atoms with van der Waals surface area (Å²) >= 11 is 1.50. The van der Waals surface area contributed by atoms with E-state index in [1.54, 1.807) is 0 Å². The van der Waals surface area contributed by atoms with E-state index in [-0.39, 0.29) is 11.9 Å². The molecule has 0 aliphatic carbocycles. The third-order valence-electron chi connectivity index (χ3n) is 3.16. The number of rotatable bonds is 4. The Hall–Kier alpha value is -1.36. The third kappa shape index (κ3) is 2.90. The summed E-state index contributed by atoms with van der Waals surface area (Å²) < 4.78 is 5.04. The van der Waals surface area contributed by atoms with E-state index in [9.17, 15) is 9.59 Å². The molecule has 0 N–H and O–H groups in total. The summed E-state index contributed by atoms with van der Waals surface area (Å²) in [5.41, 5.74) is 0. The van der Waals surface area contributed by atoms with Crippen molar-refractivity contribution in [1.29, 1.82) is 0 Å². The lowest BCUT2D eigenvalue weighted by Gasteiger charge is -2.31. The number of hydrogen-bond acceptors (Lipinski definition) is 5. The van der Waals surface area contributed by atoms with Crippen LogP contribution in [0.4, 0.5) is 5.00 Å². The van der Waals surface area contributed by atoms with Gasteiger partial charge in [0.25, 0.3) is 0 Å². The SMILES string of the molecule is CCOC(=O)C1CCN(c2ccc(C=O)s2)CC1. The number of thiophene rings is 1. The summed E-state index contributed by atoms with van der Waals surface area (Å²) in [7, 11) is 0. The molecule has 0 atom stereocenters. The molecule has 0 bridgehead atoms. The van der Waals surface area contributed by atoms with E-state index < -0.39 is 0 Å². The van der Waals surface area contributed by atoms with Gasteiger partial charge in [-0.1, -0.05) is 0 Å². The molecule has 0 unspecified atom stereocenters. The molecule has 0 amide bonds. The monoisotopic (exact) mass is 267 g/mol. The Morgan fingerprint density at radius 2 is 2.22 bits per heavy atom. The topological polar surface area (TPSA) is 46.6 Å². The molecular weight excluding hydrogens is 250 g/mol. The van der Waals surface area contributed by atoms with Gasteiger partial charge in [-0.25, -0.2) is 0 Å². The van der Waals surface area contributed by atoms with E-state index in [0.29, 0.717) is 6.61 Å². The minimum atomic E-state index is -0.0723. The fraction of sp³-hybridized carbons (Fsp3) is 0.538. The van der Waals surface area contributed by atoms with Gasteiger partial charge in [0, 0.05) is 13.1 Å². The average Bonchev–Trinajstić information content (AvgIpc) is 2.88. The summed E-state index contributed by atoms with van der Waals surface area (Å²) in [5.74, 6) is -0.0383. The van der Waals surface area contributed by atoms with Gasteiger partial charge in [-0.15, -0.1) is 11.3 Å². The molecule has 1 aromatic rings. The number of carbonyl (C=O) groups excluding carboxylic acids is 2. The molecule has 98 valence electrons.